The summed E-state index contributed by atoms with van der Waals surface area (Å²) in [5.41, 5.74) is -1.25. The van der Waals surface area contributed by atoms with E-state index in [1.54, 1.807) is 0 Å². The molecule has 1 aromatic carbocycles. The number of carbonyl (C=O) groups is 3. The van der Waals surface area contributed by atoms with Crippen LogP contribution >= 0.6 is 0 Å². The summed E-state index contributed by atoms with van der Waals surface area (Å²) in [6.45, 7) is 1.13. The number of allylic oxidation sites excluding steroid dienone is 1. The van der Waals surface area contributed by atoms with Gasteiger partial charge in [-0.05, 0) is 76.0 Å². The fourth-order valence-electron chi connectivity index (χ4n) is 7.40. The molecule has 5 rings (SSSR count). The third kappa shape index (κ3) is 4.49. The van der Waals surface area contributed by atoms with Crippen molar-refractivity contribution in [1.29, 1.82) is 0 Å². The molecule has 0 spiro atoms. The fourth-order valence-corrected chi connectivity index (χ4v) is 7.40. The number of Topliss-reactive ketones (excluding diaryl/α,β-unsaturated/α-hetero) is 2. The molecule has 1 aliphatic heterocycles. The second-order valence-corrected chi connectivity index (χ2v) is 11.9. The van der Waals surface area contributed by atoms with E-state index in [4.69, 9.17) is 5.73 Å². The van der Waals surface area contributed by atoms with Gasteiger partial charge in [-0.3, -0.25) is 24.2 Å². The number of primary amides is 1. The minimum atomic E-state index is -4.87. The number of likely N-dealkylation sites (N-methyl/N-ethyl adjacent to an activating group) is 1. The number of fused-ring (bicyclic) bond motifs is 3. The number of nitrogens with zero attached hydrogens (tertiary/aromatic N) is 2. The van der Waals surface area contributed by atoms with E-state index >= 15 is 0 Å². The van der Waals surface area contributed by atoms with Gasteiger partial charge in [-0.1, -0.05) is 12.8 Å². The third-order valence-corrected chi connectivity index (χ3v) is 9.18. The van der Waals surface area contributed by atoms with Crippen molar-refractivity contribution in [2.24, 2.45) is 17.6 Å². The average molecular weight is 594 g/mol. The minimum Gasteiger partial charge on any atom is -0.510 e. The van der Waals surface area contributed by atoms with Gasteiger partial charge in [-0.25, -0.2) is 0 Å². The van der Waals surface area contributed by atoms with Crippen molar-refractivity contribution in [2.45, 2.75) is 62.9 Å². The van der Waals surface area contributed by atoms with Crippen molar-refractivity contribution in [3.8, 4) is 5.75 Å². The lowest BCUT2D eigenvalue weighted by Crippen LogP contribution is -2.63. The summed E-state index contributed by atoms with van der Waals surface area (Å²) in [6, 6.07) is -0.303. The smallest absolute Gasteiger partial charge is 0.417 e. The quantitative estimate of drug-likeness (QED) is 0.330. The van der Waals surface area contributed by atoms with E-state index in [2.05, 4.69) is 0 Å². The third-order valence-electron chi connectivity index (χ3n) is 9.18. The zero-order valence-electron chi connectivity index (χ0n) is 23.3. The first-order valence-corrected chi connectivity index (χ1v) is 13.9. The number of carbonyl (C=O) groups excluding carboxylic acids is 3. The zero-order valence-corrected chi connectivity index (χ0v) is 23.3. The summed E-state index contributed by atoms with van der Waals surface area (Å²) in [6.07, 6.45) is -1.97. The molecule has 4 atom stereocenters. The molecule has 1 aromatic rings. The lowest BCUT2D eigenvalue weighted by atomic mass is 9.58. The van der Waals surface area contributed by atoms with Crippen LogP contribution in [-0.4, -0.2) is 86.5 Å². The van der Waals surface area contributed by atoms with E-state index in [0.29, 0.717) is 13.1 Å². The van der Waals surface area contributed by atoms with Gasteiger partial charge < -0.3 is 26.2 Å². The SMILES string of the molecule is CN(C)[C@@H]1C(O)=C(C(N)=O)C(=O)[C@@]2(O)C(O)=C3C(=O)c4c(O)cc(CN5CCCCCC5)c(C(F)(F)F)c4C[C@H]3C[C@@H]12. The van der Waals surface area contributed by atoms with Crippen LogP contribution in [0.25, 0.3) is 0 Å². The van der Waals surface area contributed by atoms with Crippen LogP contribution in [0.1, 0.15) is 59.2 Å². The molecule has 3 aliphatic carbocycles. The highest BCUT2D eigenvalue weighted by Gasteiger charge is 2.63. The molecule has 0 aromatic heterocycles. The molecule has 6 N–H and O–H groups in total. The summed E-state index contributed by atoms with van der Waals surface area (Å²) >= 11 is 0. The number of hydrogen-bond donors (Lipinski definition) is 5. The first-order valence-electron chi connectivity index (χ1n) is 13.9. The van der Waals surface area contributed by atoms with Gasteiger partial charge in [0, 0.05) is 18.0 Å². The molecule has 13 heteroatoms. The molecule has 0 unspecified atom stereocenters. The van der Waals surface area contributed by atoms with Crippen molar-refractivity contribution >= 4 is 17.5 Å². The predicted octanol–water partition coefficient (Wildman–Crippen LogP) is 2.52. The molecule has 1 fully saturated rings. The number of benzene rings is 1. The first kappa shape index (κ1) is 30.1. The number of aliphatic hydroxyl groups excluding tert-OH is 2. The Morgan fingerprint density at radius 1 is 1.12 bits per heavy atom. The lowest BCUT2D eigenvalue weighted by Gasteiger charge is -2.50. The largest absolute Gasteiger partial charge is 0.510 e. The molecule has 1 saturated heterocycles. The van der Waals surface area contributed by atoms with Gasteiger partial charge in [0.25, 0.3) is 5.91 Å². The van der Waals surface area contributed by atoms with Crippen molar-refractivity contribution < 1.29 is 48.0 Å². The molecule has 4 aliphatic rings. The van der Waals surface area contributed by atoms with E-state index < -0.39 is 98.7 Å². The molecular formula is C29H34F3N3O7. The monoisotopic (exact) mass is 593 g/mol. The van der Waals surface area contributed by atoms with Crippen molar-refractivity contribution in [2.75, 3.05) is 27.2 Å². The summed E-state index contributed by atoms with van der Waals surface area (Å²) in [5.74, 6) is -8.91. The second-order valence-electron chi connectivity index (χ2n) is 11.9. The van der Waals surface area contributed by atoms with Crippen LogP contribution in [0.15, 0.2) is 28.7 Å². The van der Waals surface area contributed by atoms with E-state index in [9.17, 15) is 48.0 Å². The first-order chi connectivity index (χ1) is 19.6. The van der Waals surface area contributed by atoms with Gasteiger partial charge in [-0.2, -0.15) is 13.2 Å². The van der Waals surface area contributed by atoms with Gasteiger partial charge in [0.1, 0.15) is 22.8 Å². The number of nitrogens with two attached hydrogens (primary N) is 1. The maximum absolute atomic E-state index is 14.7. The molecule has 0 bridgehead atoms. The van der Waals surface area contributed by atoms with Gasteiger partial charge in [0.2, 0.25) is 5.78 Å². The van der Waals surface area contributed by atoms with Crippen molar-refractivity contribution in [3.05, 3.63) is 51.0 Å². The molecule has 228 valence electrons. The number of phenols is 1. The Kier molecular flexibility index (Phi) is 7.43. The molecule has 10 nitrogen and oxygen atoms in total. The van der Waals surface area contributed by atoms with Gasteiger partial charge in [-0.15, -0.1) is 0 Å². The Bertz CT molecular complexity index is 1430. The second kappa shape index (κ2) is 10.4. The number of likely N-dealkylation sites (tertiary alicyclic amines) is 1. The molecule has 0 radical (unpaired) electrons. The maximum Gasteiger partial charge on any atom is 0.417 e. The number of phenolic OH excluding ortho intramolecular Hbond substituents is 1. The fraction of sp³-hybridized carbons (Fsp3) is 0.552. The Balaban J connectivity index is 1.68. The van der Waals surface area contributed by atoms with Crippen LogP contribution < -0.4 is 5.73 Å². The van der Waals surface area contributed by atoms with E-state index in [1.807, 2.05) is 4.90 Å². The van der Waals surface area contributed by atoms with Crippen LogP contribution in [0, 0.1) is 11.8 Å². The predicted molar refractivity (Wildman–Crippen MR) is 142 cm³/mol. The summed E-state index contributed by atoms with van der Waals surface area (Å²) in [4.78, 5) is 42.5. The zero-order chi connectivity index (χ0) is 30.9. The van der Waals surface area contributed by atoms with E-state index in [0.717, 1.165) is 31.7 Å². The Hall–Kier alpha value is -3.42. The standard InChI is InChI=1S/C29H34F3N3O7/c1-34(2)22-16-10-13-9-15-19(23(37)18(13)25(39)28(16,42)26(40)20(24(22)38)27(33)41)17(36)11-14(21(15)29(30,31)32)12-35-7-5-3-4-6-8-35/h11,13,16,22,36,38-39,42H,3-10,12H2,1-2H3,(H2,33,41)/t13-,16-,22-,28-/m0/s1. The van der Waals surface area contributed by atoms with Crippen LogP contribution in [0.4, 0.5) is 13.2 Å². The number of aliphatic hydroxyl groups is 3. The van der Waals surface area contributed by atoms with Crippen LogP contribution in [0.3, 0.4) is 0 Å². The molecule has 0 saturated carbocycles. The van der Waals surface area contributed by atoms with E-state index in [1.165, 1.54) is 19.0 Å². The van der Waals surface area contributed by atoms with Crippen LogP contribution in [0.5, 0.6) is 5.75 Å². The minimum absolute atomic E-state index is 0.0728. The summed E-state index contributed by atoms with van der Waals surface area (Å²) < 4.78 is 44.1. The highest BCUT2D eigenvalue weighted by atomic mass is 19.4. The number of aromatic hydroxyl groups is 1. The molecular weight excluding hydrogens is 559 g/mol. The molecule has 1 heterocycles. The summed E-state index contributed by atoms with van der Waals surface area (Å²) in [7, 11) is 2.95. The number of ketones is 2. The number of amides is 1. The van der Waals surface area contributed by atoms with Crippen molar-refractivity contribution in [1.82, 2.24) is 9.80 Å². The highest BCUT2D eigenvalue weighted by molar-refractivity contribution is 6.24. The summed E-state index contributed by atoms with van der Waals surface area (Å²) in [5, 5.41) is 44.7. The number of rotatable bonds is 4. The molecule has 1 amide bonds. The Labute approximate surface area is 239 Å². The van der Waals surface area contributed by atoms with Gasteiger partial charge >= 0.3 is 6.18 Å². The number of hydrogen-bond acceptors (Lipinski definition) is 9. The average Bonchev–Trinajstić information content (AvgIpc) is 3.13. The molecule has 42 heavy (non-hydrogen) atoms. The van der Waals surface area contributed by atoms with Gasteiger partial charge in [0.15, 0.2) is 11.4 Å². The number of halogens is 3. The van der Waals surface area contributed by atoms with Gasteiger partial charge in [0.05, 0.1) is 17.2 Å². The Morgan fingerprint density at radius 2 is 1.74 bits per heavy atom. The number of alkyl halides is 3. The maximum atomic E-state index is 14.7. The lowest BCUT2D eigenvalue weighted by molar-refractivity contribution is -0.148. The Morgan fingerprint density at radius 3 is 2.29 bits per heavy atom. The topological polar surface area (TPSA) is 165 Å². The normalized spacial score (nSPS) is 28.9. The van der Waals surface area contributed by atoms with Crippen LogP contribution in [0.2, 0.25) is 0 Å². The highest BCUT2D eigenvalue weighted by Crippen LogP contribution is 2.54. The van der Waals surface area contributed by atoms with Crippen molar-refractivity contribution in [3.63, 3.8) is 0 Å². The van der Waals surface area contributed by atoms with E-state index in [-0.39, 0.29) is 18.5 Å². The van der Waals surface area contributed by atoms with Crippen LogP contribution in [-0.2, 0) is 28.7 Å².